The molecule has 0 bridgehead atoms. The van der Waals surface area contributed by atoms with Gasteiger partial charge in [0.05, 0.1) is 11.0 Å². The number of hydrogen-bond donors (Lipinski definition) is 1. The Morgan fingerprint density at radius 1 is 1.29 bits per heavy atom. The summed E-state index contributed by atoms with van der Waals surface area (Å²) in [6.07, 6.45) is 4.99. The molecule has 4 heteroatoms. The lowest BCUT2D eigenvalue weighted by Gasteiger charge is -2.36. The molecular weight excluding hydrogens is 300 g/mol. The second-order valence-corrected chi connectivity index (χ2v) is 6.24. The Morgan fingerprint density at radius 2 is 1.95 bits per heavy atom. The van der Waals surface area contributed by atoms with E-state index in [0.717, 1.165) is 11.5 Å². The van der Waals surface area contributed by atoms with Crippen LogP contribution in [-0.2, 0) is 0 Å². The number of benzene rings is 1. The highest BCUT2D eigenvalue weighted by molar-refractivity contribution is 7.80. The van der Waals surface area contributed by atoms with E-state index >= 15 is 0 Å². The standard InChI is InChI=1S/C17H26N2S.ClH/c1-4-11-19-12-6-5-10-15(19)17(20)18-16-13(2)8-7-9-14(16)3;/h7-9,15H,4-6,10-12H2,1-3H3,(H,18,20);1H. The molecule has 0 amide bonds. The zero-order valence-corrected chi connectivity index (χ0v) is 14.9. The van der Waals surface area contributed by atoms with Gasteiger partial charge in [0.1, 0.15) is 0 Å². The lowest BCUT2D eigenvalue weighted by Crippen LogP contribution is -2.46. The van der Waals surface area contributed by atoms with E-state index in [4.69, 9.17) is 12.2 Å². The number of aryl methyl sites for hydroxylation is 2. The average molecular weight is 327 g/mol. The highest BCUT2D eigenvalue weighted by Crippen LogP contribution is 2.23. The smallest absolute Gasteiger partial charge is 0.0972 e. The van der Waals surface area contributed by atoms with Gasteiger partial charge in [0, 0.05) is 5.69 Å². The summed E-state index contributed by atoms with van der Waals surface area (Å²) in [6, 6.07) is 6.80. The zero-order valence-electron chi connectivity index (χ0n) is 13.3. The SMILES string of the molecule is CCCN1CCCCC1C(=S)Nc1c(C)cccc1C.Cl. The normalized spacial score (nSPS) is 18.9. The first-order chi connectivity index (χ1) is 9.63. The molecule has 0 radical (unpaired) electrons. The quantitative estimate of drug-likeness (QED) is 0.805. The fourth-order valence-corrected chi connectivity index (χ4v) is 3.43. The number of halogens is 1. The molecule has 21 heavy (non-hydrogen) atoms. The van der Waals surface area contributed by atoms with Crippen LogP contribution in [0.4, 0.5) is 5.69 Å². The number of thiocarbonyl (C=S) groups is 1. The third kappa shape index (κ3) is 4.67. The average Bonchev–Trinajstić information content (AvgIpc) is 2.44. The first-order valence-corrected chi connectivity index (χ1v) is 8.15. The van der Waals surface area contributed by atoms with Crippen LogP contribution in [0.5, 0.6) is 0 Å². The second-order valence-electron chi connectivity index (χ2n) is 5.80. The Labute approximate surface area is 140 Å². The molecule has 1 aromatic carbocycles. The number of anilines is 1. The van der Waals surface area contributed by atoms with Crippen molar-refractivity contribution in [2.75, 3.05) is 18.4 Å². The van der Waals surface area contributed by atoms with E-state index in [0.29, 0.717) is 6.04 Å². The third-order valence-electron chi connectivity index (χ3n) is 4.16. The van der Waals surface area contributed by atoms with Crippen LogP contribution in [0.3, 0.4) is 0 Å². The van der Waals surface area contributed by atoms with E-state index in [1.165, 1.54) is 49.0 Å². The topological polar surface area (TPSA) is 15.3 Å². The van der Waals surface area contributed by atoms with Crippen molar-refractivity contribution in [3.8, 4) is 0 Å². The molecule has 1 fully saturated rings. The third-order valence-corrected chi connectivity index (χ3v) is 4.53. The van der Waals surface area contributed by atoms with Gasteiger partial charge in [-0.3, -0.25) is 4.90 Å². The minimum Gasteiger partial charge on any atom is -0.348 e. The highest BCUT2D eigenvalue weighted by atomic mass is 35.5. The predicted molar refractivity (Wildman–Crippen MR) is 98.9 cm³/mol. The lowest BCUT2D eigenvalue weighted by molar-refractivity contribution is 0.194. The van der Waals surface area contributed by atoms with Gasteiger partial charge in [0.15, 0.2) is 0 Å². The van der Waals surface area contributed by atoms with Crippen molar-refractivity contribution in [3.05, 3.63) is 29.3 Å². The molecule has 2 rings (SSSR count). The molecule has 1 saturated heterocycles. The molecule has 1 aromatic rings. The second kappa shape index (κ2) is 8.72. The van der Waals surface area contributed by atoms with Crippen molar-refractivity contribution >= 4 is 35.3 Å². The van der Waals surface area contributed by atoms with Gasteiger partial charge in [0.2, 0.25) is 0 Å². The number of nitrogens with one attached hydrogen (secondary N) is 1. The molecule has 0 spiro atoms. The summed E-state index contributed by atoms with van der Waals surface area (Å²) in [4.78, 5) is 3.54. The van der Waals surface area contributed by atoms with Gasteiger partial charge in [0.25, 0.3) is 0 Å². The summed E-state index contributed by atoms with van der Waals surface area (Å²) in [5.41, 5.74) is 3.73. The van der Waals surface area contributed by atoms with Gasteiger partial charge in [-0.15, -0.1) is 12.4 Å². The molecule has 0 saturated carbocycles. The lowest BCUT2D eigenvalue weighted by atomic mass is 10.0. The van der Waals surface area contributed by atoms with E-state index in [9.17, 15) is 0 Å². The van der Waals surface area contributed by atoms with Crippen LogP contribution in [-0.4, -0.2) is 29.0 Å². The molecule has 118 valence electrons. The summed E-state index contributed by atoms with van der Waals surface area (Å²) in [6.45, 7) is 8.87. The van der Waals surface area contributed by atoms with E-state index in [1.807, 2.05) is 0 Å². The van der Waals surface area contributed by atoms with Crippen LogP contribution in [0.15, 0.2) is 18.2 Å². The minimum atomic E-state index is 0. The fraction of sp³-hybridized carbons (Fsp3) is 0.588. The summed E-state index contributed by atoms with van der Waals surface area (Å²) >= 11 is 5.71. The van der Waals surface area contributed by atoms with Gasteiger partial charge >= 0.3 is 0 Å². The molecule has 1 atom stereocenters. The fourth-order valence-electron chi connectivity index (χ4n) is 3.06. The Balaban J connectivity index is 0.00000220. The maximum absolute atomic E-state index is 5.71. The molecule has 2 nitrogen and oxygen atoms in total. The zero-order chi connectivity index (χ0) is 14.5. The summed E-state index contributed by atoms with van der Waals surface area (Å²) in [7, 11) is 0. The number of hydrogen-bond acceptors (Lipinski definition) is 2. The summed E-state index contributed by atoms with van der Waals surface area (Å²) in [5.74, 6) is 0. The molecule has 1 aliphatic heterocycles. The van der Waals surface area contributed by atoms with Crippen molar-refractivity contribution < 1.29 is 0 Å². The number of nitrogens with zero attached hydrogens (tertiary/aromatic N) is 1. The number of likely N-dealkylation sites (tertiary alicyclic amines) is 1. The van der Waals surface area contributed by atoms with Crippen molar-refractivity contribution in [2.45, 2.75) is 52.5 Å². The van der Waals surface area contributed by atoms with Gasteiger partial charge in [-0.2, -0.15) is 0 Å². The summed E-state index contributed by atoms with van der Waals surface area (Å²) < 4.78 is 0. The van der Waals surface area contributed by atoms with E-state index in [2.05, 4.69) is 49.2 Å². The number of rotatable bonds is 4. The Morgan fingerprint density at radius 3 is 2.57 bits per heavy atom. The Bertz CT molecular complexity index is 454. The van der Waals surface area contributed by atoms with Gasteiger partial charge < -0.3 is 5.32 Å². The molecule has 1 unspecified atom stereocenters. The molecular formula is C17H27ClN2S. The van der Waals surface area contributed by atoms with Crippen molar-refractivity contribution in [1.29, 1.82) is 0 Å². The molecule has 1 aliphatic rings. The summed E-state index contributed by atoms with van der Waals surface area (Å²) in [5, 5.41) is 3.53. The molecule has 0 aromatic heterocycles. The largest absolute Gasteiger partial charge is 0.348 e. The molecule has 1 heterocycles. The Kier molecular flexibility index (Phi) is 7.64. The first-order valence-electron chi connectivity index (χ1n) is 7.74. The van der Waals surface area contributed by atoms with Crippen LogP contribution in [0.25, 0.3) is 0 Å². The van der Waals surface area contributed by atoms with Gasteiger partial charge in [-0.25, -0.2) is 0 Å². The van der Waals surface area contributed by atoms with Crippen molar-refractivity contribution in [1.82, 2.24) is 4.90 Å². The Hall–Kier alpha value is -0.640. The van der Waals surface area contributed by atoms with Crippen LogP contribution >= 0.6 is 24.6 Å². The van der Waals surface area contributed by atoms with Gasteiger partial charge in [-0.05, 0) is 57.3 Å². The molecule has 0 aliphatic carbocycles. The van der Waals surface area contributed by atoms with Crippen LogP contribution in [0, 0.1) is 13.8 Å². The molecule has 1 N–H and O–H groups in total. The van der Waals surface area contributed by atoms with E-state index < -0.39 is 0 Å². The van der Waals surface area contributed by atoms with Crippen molar-refractivity contribution in [3.63, 3.8) is 0 Å². The van der Waals surface area contributed by atoms with E-state index in [-0.39, 0.29) is 12.4 Å². The predicted octanol–water partition coefficient (Wildman–Crippen LogP) is 4.73. The van der Waals surface area contributed by atoms with Crippen molar-refractivity contribution in [2.24, 2.45) is 0 Å². The maximum Gasteiger partial charge on any atom is 0.0972 e. The monoisotopic (exact) mass is 326 g/mol. The maximum atomic E-state index is 5.71. The van der Waals surface area contributed by atoms with Crippen LogP contribution in [0.1, 0.15) is 43.7 Å². The van der Waals surface area contributed by atoms with Crippen LogP contribution < -0.4 is 5.32 Å². The highest BCUT2D eigenvalue weighted by Gasteiger charge is 2.25. The number of para-hydroxylation sites is 1. The number of piperidine rings is 1. The first kappa shape index (κ1) is 18.4. The van der Waals surface area contributed by atoms with Crippen LogP contribution in [0.2, 0.25) is 0 Å². The van der Waals surface area contributed by atoms with E-state index in [1.54, 1.807) is 0 Å². The minimum absolute atomic E-state index is 0. The van der Waals surface area contributed by atoms with Gasteiger partial charge in [-0.1, -0.05) is 43.8 Å².